The smallest absolute Gasteiger partial charge is 0.212 e. The van der Waals surface area contributed by atoms with Gasteiger partial charge in [-0.15, -0.1) is 11.6 Å². The summed E-state index contributed by atoms with van der Waals surface area (Å²) in [6.07, 6.45) is 3.65. The second-order valence-corrected chi connectivity index (χ2v) is 8.21. The molecule has 1 aromatic rings. The van der Waals surface area contributed by atoms with Crippen LogP contribution in [0.25, 0.3) is 0 Å². The van der Waals surface area contributed by atoms with E-state index in [1.54, 1.807) is 4.31 Å². The zero-order valence-electron chi connectivity index (χ0n) is 11.5. The van der Waals surface area contributed by atoms with E-state index >= 15 is 0 Å². The Morgan fingerprint density at radius 1 is 1.15 bits per heavy atom. The summed E-state index contributed by atoms with van der Waals surface area (Å²) in [6, 6.07) is 7.55. The molecule has 20 heavy (non-hydrogen) atoms. The molecule has 1 heterocycles. The molecule has 2 unspecified atom stereocenters. The van der Waals surface area contributed by atoms with E-state index in [2.05, 4.69) is 0 Å². The van der Waals surface area contributed by atoms with Crippen molar-refractivity contribution in [3.8, 4) is 0 Å². The molecule has 0 N–H and O–H groups in total. The first kappa shape index (κ1) is 14.4. The van der Waals surface area contributed by atoms with Crippen molar-refractivity contribution < 1.29 is 8.42 Å². The molecule has 5 heteroatoms. The van der Waals surface area contributed by atoms with Crippen LogP contribution < -0.4 is 0 Å². The first-order valence-corrected chi connectivity index (χ1v) is 9.34. The van der Waals surface area contributed by atoms with E-state index < -0.39 is 10.0 Å². The fourth-order valence-electron chi connectivity index (χ4n) is 3.52. The zero-order chi connectivity index (χ0) is 14.2. The molecule has 3 nitrogen and oxygen atoms in total. The third-order valence-corrected chi connectivity index (χ3v) is 6.67. The fraction of sp³-hybridized carbons (Fsp3) is 0.600. The maximum absolute atomic E-state index is 12.5. The minimum Gasteiger partial charge on any atom is -0.212 e. The summed E-state index contributed by atoms with van der Waals surface area (Å²) in [7, 11) is -3.19. The van der Waals surface area contributed by atoms with E-state index in [1.165, 1.54) is 19.3 Å². The number of benzene rings is 1. The van der Waals surface area contributed by atoms with Crippen LogP contribution in [0.1, 0.15) is 30.4 Å². The van der Waals surface area contributed by atoms with Gasteiger partial charge in [0.1, 0.15) is 0 Å². The highest BCUT2D eigenvalue weighted by atomic mass is 35.5. The number of alkyl halides is 1. The number of rotatable bonds is 4. The van der Waals surface area contributed by atoms with E-state index in [4.69, 9.17) is 11.6 Å². The topological polar surface area (TPSA) is 37.4 Å². The summed E-state index contributed by atoms with van der Waals surface area (Å²) >= 11 is 5.80. The minimum absolute atomic E-state index is 0.0944. The molecule has 1 aliphatic heterocycles. The molecular weight excluding hydrogens is 294 g/mol. The summed E-state index contributed by atoms with van der Waals surface area (Å²) in [5.41, 5.74) is 1.80. The lowest BCUT2D eigenvalue weighted by molar-refractivity contribution is 0.445. The van der Waals surface area contributed by atoms with E-state index in [0.29, 0.717) is 17.7 Å². The van der Waals surface area contributed by atoms with Crippen LogP contribution in [-0.4, -0.2) is 25.8 Å². The fourth-order valence-corrected chi connectivity index (χ4v) is 5.31. The van der Waals surface area contributed by atoms with Crippen molar-refractivity contribution in [2.75, 3.05) is 13.1 Å². The van der Waals surface area contributed by atoms with Crippen LogP contribution in [0.5, 0.6) is 0 Å². The molecule has 3 rings (SSSR count). The number of halogens is 1. The number of hydrogen-bond acceptors (Lipinski definition) is 2. The molecular formula is C15H20ClNO2S. The maximum atomic E-state index is 12.5. The highest BCUT2D eigenvalue weighted by Gasteiger charge is 2.40. The molecule has 2 atom stereocenters. The third-order valence-electron chi connectivity index (χ3n) is 4.58. The van der Waals surface area contributed by atoms with Crippen molar-refractivity contribution in [2.45, 2.75) is 30.9 Å². The van der Waals surface area contributed by atoms with E-state index in [1.807, 2.05) is 24.3 Å². The lowest BCUT2D eigenvalue weighted by Gasteiger charge is -2.17. The van der Waals surface area contributed by atoms with Crippen molar-refractivity contribution in [2.24, 2.45) is 11.8 Å². The molecule has 1 aliphatic carbocycles. The van der Waals surface area contributed by atoms with Crippen LogP contribution in [0, 0.1) is 11.8 Å². The Bertz CT molecular complexity index is 575. The Hall–Kier alpha value is -0.580. The van der Waals surface area contributed by atoms with Crippen LogP contribution in [0.15, 0.2) is 24.3 Å². The molecule has 1 saturated heterocycles. The van der Waals surface area contributed by atoms with Crippen LogP contribution >= 0.6 is 11.6 Å². The van der Waals surface area contributed by atoms with Gasteiger partial charge in [0.25, 0.3) is 0 Å². The van der Waals surface area contributed by atoms with E-state index in [-0.39, 0.29) is 5.75 Å². The highest BCUT2D eigenvalue weighted by molar-refractivity contribution is 7.88. The zero-order valence-corrected chi connectivity index (χ0v) is 13.0. The first-order valence-electron chi connectivity index (χ1n) is 7.20. The monoisotopic (exact) mass is 313 g/mol. The summed E-state index contributed by atoms with van der Waals surface area (Å²) in [6.45, 7) is 1.45. The molecule has 0 radical (unpaired) electrons. The Kier molecular flexibility index (Phi) is 4.07. The Balaban J connectivity index is 1.72. The van der Waals surface area contributed by atoms with E-state index in [9.17, 15) is 8.42 Å². The van der Waals surface area contributed by atoms with Gasteiger partial charge in [0.15, 0.2) is 0 Å². The Morgan fingerprint density at radius 3 is 2.45 bits per heavy atom. The van der Waals surface area contributed by atoms with Gasteiger partial charge in [0.05, 0.1) is 5.75 Å². The highest BCUT2D eigenvalue weighted by Crippen LogP contribution is 2.39. The van der Waals surface area contributed by atoms with Crippen molar-refractivity contribution in [3.63, 3.8) is 0 Å². The van der Waals surface area contributed by atoms with Gasteiger partial charge in [-0.1, -0.05) is 30.7 Å². The predicted octanol–water partition coefficient (Wildman–Crippen LogP) is 2.99. The standard InChI is InChI=1S/C15H20ClNO2S/c16-8-12-3-1-4-13(7-12)11-20(18,19)17-9-14-5-2-6-15(14)10-17/h1,3-4,7,14-15H,2,5-6,8-11H2. The summed E-state index contributed by atoms with van der Waals surface area (Å²) in [5, 5.41) is 0. The summed E-state index contributed by atoms with van der Waals surface area (Å²) in [4.78, 5) is 0. The van der Waals surface area contributed by atoms with E-state index in [0.717, 1.165) is 24.2 Å². The average Bonchev–Trinajstić information content (AvgIpc) is 2.99. The SMILES string of the molecule is O=S(=O)(Cc1cccc(CCl)c1)N1CC2CCCC2C1. The van der Waals surface area contributed by atoms with Crippen LogP contribution in [0.2, 0.25) is 0 Å². The van der Waals surface area contributed by atoms with Crippen LogP contribution in [0.3, 0.4) is 0 Å². The molecule has 1 aromatic carbocycles. The Labute approximate surface area is 126 Å². The number of nitrogens with zero attached hydrogens (tertiary/aromatic N) is 1. The number of fused-ring (bicyclic) bond motifs is 1. The molecule has 2 fully saturated rings. The second kappa shape index (κ2) is 5.66. The third kappa shape index (κ3) is 2.87. The van der Waals surface area contributed by atoms with Crippen molar-refractivity contribution in [1.29, 1.82) is 0 Å². The lowest BCUT2D eigenvalue weighted by Crippen LogP contribution is -2.30. The molecule has 0 spiro atoms. The first-order chi connectivity index (χ1) is 9.58. The van der Waals surface area contributed by atoms with Gasteiger partial charge in [-0.3, -0.25) is 0 Å². The molecule has 1 saturated carbocycles. The molecule has 0 bridgehead atoms. The summed E-state index contributed by atoms with van der Waals surface area (Å²) in [5.74, 6) is 1.71. The molecule has 0 amide bonds. The van der Waals surface area contributed by atoms with Crippen molar-refractivity contribution in [1.82, 2.24) is 4.31 Å². The van der Waals surface area contributed by atoms with Gasteiger partial charge >= 0.3 is 0 Å². The van der Waals surface area contributed by atoms with Crippen molar-refractivity contribution >= 4 is 21.6 Å². The summed E-state index contributed by atoms with van der Waals surface area (Å²) < 4.78 is 26.8. The van der Waals surface area contributed by atoms with Crippen molar-refractivity contribution in [3.05, 3.63) is 35.4 Å². The predicted molar refractivity (Wildman–Crippen MR) is 81.0 cm³/mol. The second-order valence-electron chi connectivity index (χ2n) is 5.98. The van der Waals surface area contributed by atoms with Gasteiger partial charge in [0, 0.05) is 19.0 Å². The van der Waals surface area contributed by atoms with Gasteiger partial charge in [-0.2, -0.15) is 0 Å². The minimum atomic E-state index is -3.19. The Morgan fingerprint density at radius 2 is 1.80 bits per heavy atom. The molecule has 0 aromatic heterocycles. The number of sulfonamides is 1. The van der Waals surface area contributed by atoms with Gasteiger partial charge < -0.3 is 0 Å². The molecule has 110 valence electrons. The van der Waals surface area contributed by atoms with Crippen LogP contribution in [0.4, 0.5) is 0 Å². The average molecular weight is 314 g/mol. The maximum Gasteiger partial charge on any atom is 0.218 e. The normalized spacial score (nSPS) is 26.9. The molecule has 2 aliphatic rings. The van der Waals surface area contributed by atoms with Crippen LogP contribution in [-0.2, 0) is 21.7 Å². The largest absolute Gasteiger partial charge is 0.218 e. The number of hydrogen-bond donors (Lipinski definition) is 0. The van der Waals surface area contributed by atoms with Gasteiger partial charge in [-0.05, 0) is 35.8 Å². The quantitative estimate of drug-likeness (QED) is 0.801. The van der Waals surface area contributed by atoms with Gasteiger partial charge in [0.2, 0.25) is 10.0 Å². The lowest BCUT2D eigenvalue weighted by atomic mass is 10.0. The van der Waals surface area contributed by atoms with Gasteiger partial charge in [-0.25, -0.2) is 12.7 Å².